The van der Waals surface area contributed by atoms with Crippen molar-refractivity contribution in [2.75, 3.05) is 13.1 Å². The van der Waals surface area contributed by atoms with Crippen LogP contribution < -0.4 is 5.32 Å². The molecule has 0 aromatic heterocycles. The highest BCUT2D eigenvalue weighted by atomic mass is 16.5. The zero-order valence-electron chi connectivity index (χ0n) is 11.6. The lowest BCUT2D eigenvalue weighted by atomic mass is 9.78. The lowest BCUT2D eigenvalue weighted by molar-refractivity contribution is -0.140. The second-order valence-electron chi connectivity index (χ2n) is 6.21. The third-order valence-corrected chi connectivity index (χ3v) is 4.53. The molecule has 2 saturated carbocycles. The minimum atomic E-state index is 0.173. The second kappa shape index (κ2) is 6.19. The Morgan fingerprint density at radius 2 is 1.88 bits per heavy atom. The van der Waals surface area contributed by atoms with Crippen molar-refractivity contribution in [2.24, 2.45) is 5.92 Å². The summed E-state index contributed by atoms with van der Waals surface area (Å²) < 4.78 is 6.45. The van der Waals surface area contributed by atoms with E-state index in [0.29, 0.717) is 6.10 Å². The molecule has 0 bridgehead atoms. The van der Waals surface area contributed by atoms with E-state index in [1.165, 1.54) is 51.4 Å². The van der Waals surface area contributed by atoms with Crippen molar-refractivity contribution < 1.29 is 4.74 Å². The number of nitrogens with one attached hydrogen (secondary N) is 1. The Bertz CT molecular complexity index is 217. The fraction of sp³-hybridized carbons (Fsp3) is 1.00. The fourth-order valence-electron chi connectivity index (χ4n) is 2.96. The van der Waals surface area contributed by atoms with Gasteiger partial charge in [-0.3, -0.25) is 0 Å². The van der Waals surface area contributed by atoms with Crippen molar-refractivity contribution in [1.82, 2.24) is 5.32 Å². The van der Waals surface area contributed by atoms with Gasteiger partial charge in [-0.1, -0.05) is 13.8 Å². The first-order valence-electron chi connectivity index (χ1n) is 7.63. The molecule has 0 aromatic carbocycles. The number of ether oxygens (including phenoxy) is 1. The first-order chi connectivity index (χ1) is 8.24. The monoisotopic (exact) mass is 239 g/mol. The Kier molecular flexibility index (Phi) is 4.87. The summed E-state index contributed by atoms with van der Waals surface area (Å²) in [4.78, 5) is 0. The molecular formula is C15H29NO. The molecule has 0 amide bonds. The van der Waals surface area contributed by atoms with Crippen LogP contribution in [0.15, 0.2) is 0 Å². The molecule has 2 fully saturated rings. The quantitative estimate of drug-likeness (QED) is 0.716. The van der Waals surface area contributed by atoms with Gasteiger partial charge in [0, 0.05) is 6.54 Å². The molecule has 1 N–H and O–H groups in total. The van der Waals surface area contributed by atoms with Gasteiger partial charge < -0.3 is 10.1 Å². The third kappa shape index (κ3) is 3.69. The van der Waals surface area contributed by atoms with Gasteiger partial charge in [-0.05, 0) is 63.8 Å². The van der Waals surface area contributed by atoms with Crippen LogP contribution in [0.5, 0.6) is 0 Å². The summed E-state index contributed by atoms with van der Waals surface area (Å²) >= 11 is 0. The first-order valence-corrected chi connectivity index (χ1v) is 7.63. The second-order valence-corrected chi connectivity index (χ2v) is 6.21. The van der Waals surface area contributed by atoms with Gasteiger partial charge in [-0.2, -0.15) is 0 Å². The minimum Gasteiger partial charge on any atom is -0.370 e. The summed E-state index contributed by atoms with van der Waals surface area (Å²) in [5.74, 6) is 0.902. The minimum absolute atomic E-state index is 0.173. The highest BCUT2D eigenvalue weighted by Gasteiger charge is 2.38. The molecule has 2 aliphatic rings. The smallest absolute Gasteiger partial charge is 0.0810 e. The Balaban J connectivity index is 1.85. The molecule has 2 rings (SSSR count). The van der Waals surface area contributed by atoms with Crippen molar-refractivity contribution in [3.05, 3.63) is 0 Å². The molecular weight excluding hydrogens is 210 g/mol. The highest BCUT2D eigenvalue weighted by molar-refractivity contribution is 4.90. The van der Waals surface area contributed by atoms with Gasteiger partial charge in [0.25, 0.3) is 0 Å². The van der Waals surface area contributed by atoms with Crippen LogP contribution in [0, 0.1) is 5.92 Å². The maximum atomic E-state index is 6.45. The van der Waals surface area contributed by atoms with Gasteiger partial charge in [-0.15, -0.1) is 0 Å². The molecule has 2 heteroatoms. The number of rotatable bonds is 6. The lowest BCUT2D eigenvalue weighted by Gasteiger charge is -2.44. The van der Waals surface area contributed by atoms with Crippen LogP contribution >= 0.6 is 0 Å². The summed E-state index contributed by atoms with van der Waals surface area (Å²) in [5, 5.41) is 3.59. The molecule has 0 aliphatic heterocycles. The van der Waals surface area contributed by atoms with Crippen LogP contribution in [0.1, 0.15) is 65.2 Å². The Hall–Kier alpha value is -0.0800. The highest BCUT2D eigenvalue weighted by Crippen LogP contribution is 2.38. The molecule has 0 radical (unpaired) electrons. The van der Waals surface area contributed by atoms with E-state index in [1.54, 1.807) is 0 Å². The summed E-state index contributed by atoms with van der Waals surface area (Å²) in [6.07, 6.45) is 11.0. The van der Waals surface area contributed by atoms with E-state index in [4.69, 9.17) is 4.74 Å². The molecule has 100 valence electrons. The molecule has 0 atom stereocenters. The molecule has 0 saturated heterocycles. The number of hydrogen-bond acceptors (Lipinski definition) is 2. The average Bonchev–Trinajstić information content (AvgIpc) is 2.28. The van der Waals surface area contributed by atoms with Crippen LogP contribution in [0.25, 0.3) is 0 Å². The summed E-state index contributed by atoms with van der Waals surface area (Å²) in [7, 11) is 0. The maximum Gasteiger partial charge on any atom is 0.0810 e. The summed E-state index contributed by atoms with van der Waals surface area (Å²) in [5.41, 5.74) is 0.173. The van der Waals surface area contributed by atoms with E-state index in [0.717, 1.165) is 19.0 Å². The maximum absolute atomic E-state index is 6.45. The van der Waals surface area contributed by atoms with Crippen molar-refractivity contribution >= 4 is 0 Å². The van der Waals surface area contributed by atoms with Crippen LogP contribution in [-0.2, 0) is 4.74 Å². The van der Waals surface area contributed by atoms with E-state index in [2.05, 4.69) is 19.2 Å². The van der Waals surface area contributed by atoms with E-state index in [-0.39, 0.29) is 5.60 Å². The zero-order chi connectivity index (χ0) is 12.1. The predicted octanol–water partition coefficient (Wildman–Crippen LogP) is 3.50. The first kappa shape index (κ1) is 13.4. The van der Waals surface area contributed by atoms with Gasteiger partial charge in [0.05, 0.1) is 11.7 Å². The lowest BCUT2D eigenvalue weighted by Crippen LogP contribution is -2.49. The number of hydrogen-bond donors (Lipinski definition) is 1. The Morgan fingerprint density at radius 1 is 1.18 bits per heavy atom. The molecule has 0 aromatic rings. The van der Waals surface area contributed by atoms with Gasteiger partial charge in [-0.25, -0.2) is 0 Å². The summed E-state index contributed by atoms with van der Waals surface area (Å²) in [6, 6.07) is 0. The van der Waals surface area contributed by atoms with Gasteiger partial charge >= 0.3 is 0 Å². The largest absolute Gasteiger partial charge is 0.370 e. The standard InChI is InChI=1S/C15H29NO/c1-3-11-16-12-15(17-14-5-4-6-14)9-7-13(2)8-10-15/h13-14,16H,3-12H2,1-2H3. The normalized spacial score (nSPS) is 34.6. The van der Waals surface area contributed by atoms with Crippen LogP contribution in [0.4, 0.5) is 0 Å². The summed E-state index contributed by atoms with van der Waals surface area (Å²) in [6.45, 7) is 6.82. The molecule has 0 heterocycles. The van der Waals surface area contributed by atoms with Crippen LogP contribution in [0.3, 0.4) is 0 Å². The van der Waals surface area contributed by atoms with Crippen LogP contribution in [-0.4, -0.2) is 24.8 Å². The third-order valence-electron chi connectivity index (χ3n) is 4.53. The molecule has 17 heavy (non-hydrogen) atoms. The van der Waals surface area contributed by atoms with Gasteiger partial charge in [0.15, 0.2) is 0 Å². The molecule has 2 nitrogen and oxygen atoms in total. The molecule has 0 unspecified atom stereocenters. The van der Waals surface area contributed by atoms with E-state index >= 15 is 0 Å². The van der Waals surface area contributed by atoms with E-state index in [1.807, 2.05) is 0 Å². The topological polar surface area (TPSA) is 21.3 Å². The van der Waals surface area contributed by atoms with Crippen molar-refractivity contribution in [1.29, 1.82) is 0 Å². The van der Waals surface area contributed by atoms with Gasteiger partial charge in [0.2, 0.25) is 0 Å². The SMILES string of the molecule is CCCNCC1(OC2CCC2)CCC(C)CC1. The van der Waals surface area contributed by atoms with Crippen molar-refractivity contribution in [2.45, 2.75) is 76.9 Å². The Labute approximate surface area is 107 Å². The average molecular weight is 239 g/mol. The van der Waals surface area contributed by atoms with Crippen molar-refractivity contribution in [3.63, 3.8) is 0 Å². The van der Waals surface area contributed by atoms with E-state index < -0.39 is 0 Å². The predicted molar refractivity (Wildman–Crippen MR) is 72.2 cm³/mol. The van der Waals surface area contributed by atoms with Crippen LogP contribution in [0.2, 0.25) is 0 Å². The van der Waals surface area contributed by atoms with Gasteiger partial charge in [0.1, 0.15) is 0 Å². The van der Waals surface area contributed by atoms with Crippen molar-refractivity contribution in [3.8, 4) is 0 Å². The zero-order valence-corrected chi connectivity index (χ0v) is 11.6. The fourth-order valence-corrected chi connectivity index (χ4v) is 2.96. The molecule has 0 spiro atoms. The Morgan fingerprint density at radius 3 is 2.41 bits per heavy atom. The molecule has 2 aliphatic carbocycles. The van der Waals surface area contributed by atoms with E-state index in [9.17, 15) is 0 Å².